The molecule has 0 saturated carbocycles. The van der Waals surface area contributed by atoms with Crippen LogP contribution in [0.1, 0.15) is 72.2 Å². The number of hydrogen-bond acceptors (Lipinski definition) is 6. The van der Waals surface area contributed by atoms with E-state index in [-0.39, 0.29) is 60.6 Å². The summed E-state index contributed by atoms with van der Waals surface area (Å²) in [5, 5.41) is 35.2. The maximum absolute atomic E-state index is 12.5. The predicted octanol–water partition coefficient (Wildman–Crippen LogP) is 3.14. The Hall–Kier alpha value is -4.03. The van der Waals surface area contributed by atoms with Crippen LogP contribution in [0.5, 0.6) is 0 Å². The fraction of sp³-hybridized carbons (Fsp3) is 0.455. The van der Waals surface area contributed by atoms with Gasteiger partial charge in [0.25, 0.3) is 5.91 Å². The molecule has 45 heavy (non-hydrogen) atoms. The number of carbonyl (C=O) groups excluding carboxylic acids is 2. The summed E-state index contributed by atoms with van der Waals surface area (Å²) in [5.41, 5.74) is 8.15. The van der Waals surface area contributed by atoms with Gasteiger partial charge >= 0.3 is 11.9 Å². The first-order valence-corrected chi connectivity index (χ1v) is 15.5. The van der Waals surface area contributed by atoms with Crippen LogP contribution in [-0.2, 0) is 44.9 Å². The molecule has 11 nitrogen and oxygen atoms in total. The van der Waals surface area contributed by atoms with Gasteiger partial charge in [0.1, 0.15) is 0 Å². The highest BCUT2D eigenvalue weighted by molar-refractivity contribution is 7.80. The first-order valence-electron chi connectivity index (χ1n) is 15.0. The zero-order valence-corrected chi connectivity index (χ0v) is 27.1. The molecule has 0 aliphatic carbocycles. The normalized spacial score (nSPS) is 22.1. The van der Waals surface area contributed by atoms with Gasteiger partial charge in [0.2, 0.25) is 5.91 Å². The second-order valence-corrected chi connectivity index (χ2v) is 12.9. The second-order valence-electron chi connectivity index (χ2n) is 12.1. The average Bonchev–Trinajstić information content (AvgIpc) is 3.60. The van der Waals surface area contributed by atoms with Crippen LogP contribution in [-0.4, -0.2) is 66.4 Å². The molecule has 0 bridgehead atoms. The summed E-state index contributed by atoms with van der Waals surface area (Å²) in [6, 6.07) is -0.281. The molecule has 242 valence electrons. The van der Waals surface area contributed by atoms with Gasteiger partial charge in [-0.15, -0.1) is 0 Å². The Kier molecular flexibility index (Phi) is 10.2. The molecule has 12 heteroatoms. The van der Waals surface area contributed by atoms with Crippen LogP contribution in [0.4, 0.5) is 0 Å². The molecule has 2 aromatic rings. The first-order chi connectivity index (χ1) is 21.1. The van der Waals surface area contributed by atoms with E-state index in [1.807, 2.05) is 40.7 Å². The number of H-pyrrole nitrogens is 2. The molecular formula is C33H42N4O7S. The lowest BCUT2D eigenvalue weighted by molar-refractivity contribution is -0.146. The molecule has 5 atom stereocenters. The Morgan fingerprint density at radius 3 is 2.29 bits per heavy atom. The van der Waals surface area contributed by atoms with E-state index in [1.165, 1.54) is 6.08 Å². The number of aromatic nitrogens is 2. The Balaban J connectivity index is 1.78. The standard InChI is InChI=1S/C33H42N4O7S/c1-7-19-14(2)24(36-32(19)42)11-22-16(4)21(10-28(38)33(43)44)26(35-22)13-25-20(8-9-29(39)40)15(3)23(34-25)12-27-30(18(6)45)17(5)31(41)37-27/h7,12,17-18,24,28,30,34-35,38,45H,1,8-11,13H2,2-6H3,(H,36,42)(H,37,41)(H,39,40)(H,43,44)/b27-12-/t17-,18-,24-,28?,30+/m1/s1. The number of aliphatic carboxylic acids is 2. The van der Waals surface area contributed by atoms with Gasteiger partial charge in [-0.2, -0.15) is 12.6 Å². The van der Waals surface area contributed by atoms with E-state index in [0.29, 0.717) is 23.3 Å². The monoisotopic (exact) mass is 638 g/mol. The minimum Gasteiger partial charge on any atom is -0.481 e. The van der Waals surface area contributed by atoms with Crippen molar-refractivity contribution in [3.8, 4) is 0 Å². The molecule has 1 saturated heterocycles. The van der Waals surface area contributed by atoms with Gasteiger partial charge in [0, 0.05) is 76.8 Å². The van der Waals surface area contributed by atoms with E-state index in [1.54, 1.807) is 0 Å². The van der Waals surface area contributed by atoms with Crippen molar-refractivity contribution in [1.82, 2.24) is 20.6 Å². The van der Waals surface area contributed by atoms with Crippen LogP contribution in [0.25, 0.3) is 6.08 Å². The Labute approximate surface area is 267 Å². The summed E-state index contributed by atoms with van der Waals surface area (Å²) < 4.78 is 0. The maximum Gasteiger partial charge on any atom is 0.332 e. The third kappa shape index (κ3) is 6.96. The van der Waals surface area contributed by atoms with Crippen LogP contribution >= 0.6 is 12.6 Å². The molecule has 1 unspecified atom stereocenters. The lowest BCUT2D eigenvalue weighted by Crippen LogP contribution is -2.30. The fourth-order valence-corrected chi connectivity index (χ4v) is 6.96. The predicted molar refractivity (Wildman–Crippen MR) is 173 cm³/mol. The zero-order chi connectivity index (χ0) is 33.3. The number of nitrogens with one attached hydrogen (secondary N) is 4. The summed E-state index contributed by atoms with van der Waals surface area (Å²) >= 11 is 4.61. The quantitative estimate of drug-likeness (QED) is 0.155. The lowest BCUT2D eigenvalue weighted by Gasteiger charge is -2.17. The molecular weight excluding hydrogens is 596 g/mol. The number of aliphatic hydroxyl groups is 1. The van der Waals surface area contributed by atoms with Crippen LogP contribution in [0, 0.1) is 25.7 Å². The number of hydrogen-bond donors (Lipinski definition) is 8. The van der Waals surface area contributed by atoms with E-state index in [0.717, 1.165) is 45.0 Å². The maximum atomic E-state index is 12.5. The molecule has 7 N–H and O–H groups in total. The van der Waals surface area contributed by atoms with Crippen LogP contribution in [0.3, 0.4) is 0 Å². The van der Waals surface area contributed by atoms with Crippen LogP contribution in [0.15, 0.2) is 29.5 Å². The Bertz CT molecular complexity index is 1610. The zero-order valence-electron chi connectivity index (χ0n) is 26.2. The Morgan fingerprint density at radius 2 is 1.71 bits per heavy atom. The third-order valence-electron chi connectivity index (χ3n) is 9.21. The summed E-state index contributed by atoms with van der Waals surface area (Å²) in [5.74, 6) is -2.93. The minimum absolute atomic E-state index is 0.0811. The topological polar surface area (TPSA) is 185 Å². The van der Waals surface area contributed by atoms with E-state index in [9.17, 15) is 34.5 Å². The first kappa shape index (κ1) is 33.9. The summed E-state index contributed by atoms with van der Waals surface area (Å²) in [7, 11) is 0. The van der Waals surface area contributed by atoms with Crippen LogP contribution < -0.4 is 10.6 Å². The molecule has 2 amide bonds. The van der Waals surface area contributed by atoms with Gasteiger partial charge in [-0.05, 0) is 61.1 Å². The van der Waals surface area contributed by atoms with Crippen molar-refractivity contribution in [2.24, 2.45) is 11.8 Å². The van der Waals surface area contributed by atoms with Crippen molar-refractivity contribution in [3.05, 3.63) is 74.5 Å². The van der Waals surface area contributed by atoms with E-state index in [4.69, 9.17) is 0 Å². The van der Waals surface area contributed by atoms with Crippen molar-refractivity contribution in [3.63, 3.8) is 0 Å². The van der Waals surface area contributed by atoms with Crippen molar-refractivity contribution >= 4 is 42.5 Å². The second kappa shape index (κ2) is 13.5. The highest BCUT2D eigenvalue weighted by Crippen LogP contribution is 2.35. The highest BCUT2D eigenvalue weighted by Gasteiger charge is 2.38. The van der Waals surface area contributed by atoms with E-state index in [2.05, 4.69) is 39.8 Å². The summed E-state index contributed by atoms with van der Waals surface area (Å²) in [6.45, 7) is 13.2. The summed E-state index contributed by atoms with van der Waals surface area (Å²) in [4.78, 5) is 55.0. The molecule has 1 fully saturated rings. The van der Waals surface area contributed by atoms with Gasteiger partial charge in [0.05, 0.1) is 6.04 Å². The smallest absolute Gasteiger partial charge is 0.332 e. The van der Waals surface area contributed by atoms with Crippen molar-refractivity contribution in [1.29, 1.82) is 0 Å². The molecule has 2 aliphatic heterocycles. The molecule has 0 radical (unpaired) electrons. The Morgan fingerprint density at radius 1 is 1.04 bits per heavy atom. The number of rotatable bonds is 13. The fourth-order valence-electron chi connectivity index (χ4n) is 6.55. The molecule has 4 heterocycles. The molecule has 0 aromatic carbocycles. The van der Waals surface area contributed by atoms with Crippen molar-refractivity contribution in [2.75, 3.05) is 0 Å². The lowest BCUT2D eigenvalue weighted by atomic mass is 9.91. The van der Waals surface area contributed by atoms with Gasteiger partial charge in [-0.3, -0.25) is 14.4 Å². The van der Waals surface area contributed by atoms with E-state index < -0.39 is 18.0 Å². The van der Waals surface area contributed by atoms with Crippen molar-refractivity contribution in [2.45, 2.75) is 84.1 Å². The van der Waals surface area contributed by atoms with Gasteiger partial charge in [-0.1, -0.05) is 26.5 Å². The van der Waals surface area contributed by atoms with Crippen LogP contribution in [0.2, 0.25) is 0 Å². The van der Waals surface area contributed by atoms with E-state index >= 15 is 0 Å². The number of thiol groups is 1. The SMILES string of the molecule is C=CC1=C(C)[C@@H](Cc2[nH]c(Cc3[nH]c(/C=C4\NC(=O)[C@H](C)[C@H]4[C@@H](C)S)c(C)c3CCC(=O)O)c(CC(O)C(=O)O)c2C)NC1=O. The summed E-state index contributed by atoms with van der Waals surface area (Å²) in [6.07, 6.45) is 2.52. The number of carbonyl (C=O) groups is 4. The largest absolute Gasteiger partial charge is 0.481 e. The number of carboxylic acid groups (broad SMARTS) is 2. The number of aliphatic hydroxyl groups excluding tert-OH is 1. The number of allylic oxidation sites excluding steroid dienone is 1. The van der Waals surface area contributed by atoms with Gasteiger partial charge < -0.3 is 35.9 Å². The number of amides is 2. The average molecular weight is 639 g/mol. The van der Waals surface area contributed by atoms with Crippen molar-refractivity contribution < 1.29 is 34.5 Å². The highest BCUT2D eigenvalue weighted by atomic mass is 32.1. The van der Waals surface area contributed by atoms with Gasteiger partial charge in [0.15, 0.2) is 6.10 Å². The molecule has 0 spiro atoms. The minimum atomic E-state index is -1.63. The number of carboxylic acids is 2. The molecule has 2 aromatic heterocycles. The molecule has 4 rings (SSSR count). The molecule has 2 aliphatic rings. The van der Waals surface area contributed by atoms with Gasteiger partial charge in [-0.25, -0.2) is 4.79 Å². The number of aromatic amines is 2. The third-order valence-corrected chi connectivity index (χ3v) is 9.53.